The van der Waals surface area contributed by atoms with Gasteiger partial charge in [0.05, 0.1) is 12.5 Å². The summed E-state index contributed by atoms with van der Waals surface area (Å²) in [6.07, 6.45) is 0.114. The summed E-state index contributed by atoms with van der Waals surface area (Å²) in [5, 5.41) is 6.85. The van der Waals surface area contributed by atoms with E-state index in [0.717, 1.165) is 11.1 Å². The first-order valence-corrected chi connectivity index (χ1v) is 8.19. The number of nitrogens with one attached hydrogen (secondary N) is 2. The first-order chi connectivity index (χ1) is 11.3. The van der Waals surface area contributed by atoms with Gasteiger partial charge in [-0.3, -0.25) is 9.59 Å². The van der Waals surface area contributed by atoms with Gasteiger partial charge in [0.15, 0.2) is 0 Å². The van der Waals surface area contributed by atoms with Crippen LogP contribution in [0.25, 0.3) is 0 Å². The fourth-order valence-electron chi connectivity index (χ4n) is 2.35. The van der Waals surface area contributed by atoms with Gasteiger partial charge >= 0.3 is 0 Å². The lowest BCUT2D eigenvalue weighted by Gasteiger charge is -2.18. The Morgan fingerprint density at radius 3 is 2.25 bits per heavy atom. The predicted octanol–water partition coefficient (Wildman–Crippen LogP) is 4.51. The van der Waals surface area contributed by atoms with Crippen LogP contribution in [0.5, 0.6) is 0 Å². The lowest BCUT2D eigenvalue weighted by Crippen LogP contribution is -2.29. The van der Waals surface area contributed by atoms with Gasteiger partial charge in [0, 0.05) is 22.7 Å². The van der Waals surface area contributed by atoms with E-state index in [1.54, 1.807) is 42.5 Å². The maximum absolute atomic E-state index is 12.4. The summed E-state index contributed by atoms with van der Waals surface area (Å²) >= 11 is 11.8. The largest absolute Gasteiger partial charge is 0.349 e. The van der Waals surface area contributed by atoms with Crippen LogP contribution in [0.15, 0.2) is 42.5 Å². The molecule has 6 heteroatoms. The molecule has 0 radical (unpaired) electrons. The average molecular weight is 365 g/mol. The number of carbonyl (C=O) groups is 2. The number of benzene rings is 2. The molecule has 0 aliphatic carbocycles. The number of anilines is 1. The number of amides is 2. The van der Waals surface area contributed by atoms with Gasteiger partial charge in [0.1, 0.15) is 0 Å². The topological polar surface area (TPSA) is 58.2 Å². The molecule has 2 aromatic carbocycles. The van der Waals surface area contributed by atoms with Crippen LogP contribution in [0.2, 0.25) is 10.0 Å². The first-order valence-electron chi connectivity index (χ1n) is 7.43. The Morgan fingerprint density at radius 2 is 1.67 bits per heavy atom. The minimum Gasteiger partial charge on any atom is -0.349 e. The van der Waals surface area contributed by atoms with Gasteiger partial charge in [0.2, 0.25) is 11.8 Å². The quantitative estimate of drug-likeness (QED) is 0.819. The summed E-state index contributed by atoms with van der Waals surface area (Å²) < 4.78 is 0. The summed E-state index contributed by atoms with van der Waals surface area (Å²) in [6, 6.07) is 11.9. The van der Waals surface area contributed by atoms with E-state index >= 15 is 0 Å². The van der Waals surface area contributed by atoms with Gasteiger partial charge in [-0.25, -0.2) is 0 Å². The van der Waals surface area contributed by atoms with Crippen LogP contribution in [-0.2, 0) is 9.59 Å². The second-order valence-corrected chi connectivity index (χ2v) is 6.39. The Balaban J connectivity index is 2.12. The molecule has 0 aromatic heterocycles. The van der Waals surface area contributed by atoms with Crippen molar-refractivity contribution in [1.29, 1.82) is 0 Å². The number of carbonyl (C=O) groups excluding carboxylic acids is 2. The fraction of sp³-hybridized carbons (Fsp3) is 0.222. The smallest absolute Gasteiger partial charge is 0.226 e. The summed E-state index contributed by atoms with van der Waals surface area (Å²) in [6.45, 7) is 3.29. The highest BCUT2D eigenvalue weighted by Gasteiger charge is 2.17. The number of halogens is 2. The molecule has 0 spiro atoms. The number of rotatable bonds is 5. The average Bonchev–Trinajstić information content (AvgIpc) is 2.50. The van der Waals surface area contributed by atoms with Crippen molar-refractivity contribution in [1.82, 2.24) is 5.32 Å². The van der Waals surface area contributed by atoms with Gasteiger partial charge in [0.25, 0.3) is 0 Å². The molecule has 24 heavy (non-hydrogen) atoms. The van der Waals surface area contributed by atoms with Gasteiger partial charge in [-0.15, -0.1) is 0 Å². The number of hydrogen-bond acceptors (Lipinski definition) is 2. The lowest BCUT2D eigenvalue weighted by atomic mass is 10.0. The highest BCUT2D eigenvalue weighted by Crippen LogP contribution is 2.23. The molecule has 2 amide bonds. The summed E-state index contributed by atoms with van der Waals surface area (Å²) in [7, 11) is 0. The normalized spacial score (nSPS) is 11.7. The Morgan fingerprint density at radius 1 is 1.04 bits per heavy atom. The van der Waals surface area contributed by atoms with Crippen molar-refractivity contribution in [2.24, 2.45) is 0 Å². The zero-order valence-electron chi connectivity index (χ0n) is 13.4. The van der Waals surface area contributed by atoms with Gasteiger partial charge in [-0.1, -0.05) is 35.3 Å². The molecule has 0 fully saturated rings. The highest BCUT2D eigenvalue weighted by molar-refractivity contribution is 6.31. The molecular weight excluding hydrogens is 347 g/mol. The Kier molecular flexibility index (Phi) is 6.23. The van der Waals surface area contributed by atoms with Crippen LogP contribution in [-0.4, -0.2) is 11.8 Å². The second kappa shape index (κ2) is 8.18. The van der Waals surface area contributed by atoms with Gasteiger partial charge in [-0.05, 0) is 48.4 Å². The van der Waals surface area contributed by atoms with Crippen molar-refractivity contribution in [3.63, 3.8) is 0 Å². The molecule has 2 rings (SSSR count). The third kappa shape index (κ3) is 5.25. The SMILES string of the molecule is CC(=O)NC(CC(=O)Nc1ccc(Cl)cc1C)c1ccc(Cl)cc1. The number of aryl methyl sites for hydroxylation is 1. The summed E-state index contributed by atoms with van der Waals surface area (Å²) in [4.78, 5) is 23.8. The summed E-state index contributed by atoms with van der Waals surface area (Å²) in [5.41, 5.74) is 2.39. The highest BCUT2D eigenvalue weighted by atomic mass is 35.5. The Labute approximate surface area is 151 Å². The van der Waals surface area contributed by atoms with Gasteiger partial charge in [-0.2, -0.15) is 0 Å². The Bertz CT molecular complexity index is 745. The predicted molar refractivity (Wildman–Crippen MR) is 97.4 cm³/mol. The second-order valence-electron chi connectivity index (χ2n) is 5.52. The third-order valence-electron chi connectivity index (χ3n) is 3.50. The molecule has 0 aliphatic heterocycles. The third-order valence-corrected chi connectivity index (χ3v) is 3.99. The standard InChI is InChI=1S/C18H18Cl2N2O2/c1-11-9-15(20)7-8-16(11)22-18(24)10-17(21-12(2)23)13-3-5-14(19)6-4-13/h3-9,17H,10H2,1-2H3,(H,21,23)(H,22,24). The van der Waals surface area contributed by atoms with Crippen molar-refractivity contribution in [3.8, 4) is 0 Å². The van der Waals surface area contributed by atoms with E-state index in [-0.39, 0.29) is 18.2 Å². The van der Waals surface area contributed by atoms with Crippen molar-refractivity contribution in [2.45, 2.75) is 26.3 Å². The van der Waals surface area contributed by atoms with Crippen molar-refractivity contribution in [3.05, 3.63) is 63.6 Å². The van der Waals surface area contributed by atoms with E-state index in [1.165, 1.54) is 6.92 Å². The summed E-state index contributed by atoms with van der Waals surface area (Å²) in [5.74, 6) is -0.403. The van der Waals surface area contributed by atoms with Crippen LogP contribution >= 0.6 is 23.2 Å². The molecule has 0 saturated carbocycles. The van der Waals surface area contributed by atoms with Crippen molar-refractivity contribution in [2.75, 3.05) is 5.32 Å². The fourth-order valence-corrected chi connectivity index (χ4v) is 2.70. The lowest BCUT2D eigenvalue weighted by molar-refractivity contribution is -0.120. The van der Waals surface area contributed by atoms with E-state index in [4.69, 9.17) is 23.2 Å². The van der Waals surface area contributed by atoms with E-state index in [1.807, 2.05) is 6.92 Å². The molecule has 4 nitrogen and oxygen atoms in total. The molecule has 0 saturated heterocycles. The van der Waals surface area contributed by atoms with Crippen molar-refractivity contribution < 1.29 is 9.59 Å². The monoisotopic (exact) mass is 364 g/mol. The van der Waals surface area contributed by atoms with Crippen LogP contribution in [0.4, 0.5) is 5.69 Å². The zero-order valence-corrected chi connectivity index (χ0v) is 14.9. The Hall–Kier alpha value is -2.04. The molecule has 0 aliphatic rings. The van der Waals surface area contributed by atoms with Crippen LogP contribution in [0.1, 0.15) is 30.5 Å². The van der Waals surface area contributed by atoms with E-state index in [9.17, 15) is 9.59 Å². The van der Waals surface area contributed by atoms with Crippen LogP contribution < -0.4 is 10.6 Å². The minimum absolute atomic E-state index is 0.114. The first kappa shape index (κ1) is 18.3. The van der Waals surface area contributed by atoms with E-state index < -0.39 is 6.04 Å². The molecule has 126 valence electrons. The van der Waals surface area contributed by atoms with Crippen molar-refractivity contribution >= 4 is 40.7 Å². The molecule has 2 aromatic rings. The zero-order chi connectivity index (χ0) is 17.7. The van der Waals surface area contributed by atoms with Crippen LogP contribution in [0.3, 0.4) is 0 Å². The molecule has 1 unspecified atom stereocenters. The molecule has 2 N–H and O–H groups in total. The van der Waals surface area contributed by atoms with E-state index in [0.29, 0.717) is 15.7 Å². The molecule has 0 bridgehead atoms. The van der Waals surface area contributed by atoms with Gasteiger partial charge < -0.3 is 10.6 Å². The molecule has 1 atom stereocenters. The molecular formula is C18H18Cl2N2O2. The van der Waals surface area contributed by atoms with Crippen LogP contribution in [0, 0.1) is 6.92 Å². The molecule has 0 heterocycles. The maximum Gasteiger partial charge on any atom is 0.226 e. The maximum atomic E-state index is 12.4. The minimum atomic E-state index is -0.424. The number of hydrogen-bond donors (Lipinski definition) is 2. The van der Waals surface area contributed by atoms with E-state index in [2.05, 4.69) is 10.6 Å².